The number of alkyl halides is 4. The fraction of sp³-hybridized carbons (Fsp3) is 0.412. The van der Waals surface area contributed by atoms with Crippen molar-refractivity contribution < 1.29 is 14.3 Å². The van der Waals surface area contributed by atoms with Crippen LogP contribution in [0.15, 0.2) is 34.3 Å². The van der Waals surface area contributed by atoms with Gasteiger partial charge in [0.2, 0.25) is 11.8 Å². The number of carbonyl (C=O) groups is 2. The lowest BCUT2D eigenvalue weighted by atomic mass is 9.84. The lowest BCUT2D eigenvalue weighted by molar-refractivity contribution is -0.123. The number of hydrogen-bond acceptors (Lipinski definition) is 3. The van der Waals surface area contributed by atoms with E-state index in [0.29, 0.717) is 12.4 Å². The first kappa shape index (κ1) is 19.9. The first-order valence-corrected chi connectivity index (χ1v) is 10.2. The highest BCUT2D eigenvalue weighted by Gasteiger charge is 2.87. The van der Waals surface area contributed by atoms with Gasteiger partial charge >= 0.3 is 0 Å². The predicted molar refractivity (Wildman–Crippen MR) is 107 cm³/mol. The molecule has 1 saturated carbocycles. The maximum atomic E-state index is 13.3. The summed E-state index contributed by atoms with van der Waals surface area (Å²) in [4.78, 5) is 24.0. The minimum absolute atomic E-state index is 0.117. The van der Waals surface area contributed by atoms with E-state index in [9.17, 15) is 9.59 Å². The molecule has 4 rings (SSSR count). The fourth-order valence-corrected chi connectivity index (χ4v) is 7.08. The van der Waals surface area contributed by atoms with Gasteiger partial charge in [-0.2, -0.15) is 0 Å². The van der Waals surface area contributed by atoms with Gasteiger partial charge in [0.05, 0.1) is 34.2 Å². The smallest absolute Gasteiger partial charge is 0.240 e. The van der Waals surface area contributed by atoms with Crippen LogP contribution in [-0.4, -0.2) is 32.5 Å². The van der Waals surface area contributed by atoms with E-state index in [1.54, 1.807) is 31.2 Å². The van der Waals surface area contributed by atoms with Crippen molar-refractivity contribution in [1.29, 1.82) is 0 Å². The molecule has 0 N–H and O–H groups in total. The summed E-state index contributed by atoms with van der Waals surface area (Å²) < 4.78 is 3.60. The van der Waals surface area contributed by atoms with E-state index in [2.05, 4.69) is 0 Å². The van der Waals surface area contributed by atoms with Crippen LogP contribution in [0.25, 0.3) is 0 Å². The molecule has 4 atom stereocenters. The van der Waals surface area contributed by atoms with Crippen LogP contribution in [0.1, 0.15) is 6.92 Å². The van der Waals surface area contributed by atoms with Crippen molar-refractivity contribution in [1.82, 2.24) is 0 Å². The molecule has 2 fully saturated rings. The molecule has 0 aromatic heterocycles. The summed E-state index contributed by atoms with van der Waals surface area (Å²) in [6, 6.07) is 6.66. The van der Waals surface area contributed by atoms with Crippen LogP contribution in [0.2, 0.25) is 0 Å². The second-order valence-electron chi connectivity index (χ2n) is 6.49. The molecule has 1 aromatic carbocycles. The van der Waals surface area contributed by atoms with Crippen LogP contribution < -0.4 is 9.64 Å². The van der Waals surface area contributed by atoms with Gasteiger partial charge in [0.15, 0.2) is 4.33 Å². The summed E-state index contributed by atoms with van der Waals surface area (Å²) in [6.07, 6.45) is 0. The zero-order chi connectivity index (χ0) is 19.9. The largest absolute Gasteiger partial charge is 0.492 e. The summed E-state index contributed by atoms with van der Waals surface area (Å²) in [5, 5.41) is -0.235. The van der Waals surface area contributed by atoms with E-state index in [1.807, 2.05) is 0 Å². The van der Waals surface area contributed by atoms with Crippen molar-refractivity contribution in [2.24, 2.45) is 11.8 Å². The Morgan fingerprint density at radius 1 is 0.963 bits per heavy atom. The zero-order valence-corrected chi connectivity index (χ0v) is 18.1. The van der Waals surface area contributed by atoms with Crippen molar-refractivity contribution in [3.8, 4) is 5.75 Å². The second kappa shape index (κ2) is 6.07. The molecule has 1 aliphatic heterocycles. The van der Waals surface area contributed by atoms with Crippen LogP contribution in [-0.2, 0) is 9.59 Å². The number of benzene rings is 1. The molecule has 0 radical (unpaired) electrons. The average Bonchev–Trinajstić information content (AvgIpc) is 3.00. The topological polar surface area (TPSA) is 46.6 Å². The number of amides is 2. The van der Waals surface area contributed by atoms with Gasteiger partial charge in [-0.1, -0.05) is 58.5 Å². The highest BCUT2D eigenvalue weighted by molar-refractivity contribution is 6.67. The van der Waals surface area contributed by atoms with Gasteiger partial charge in [-0.3, -0.25) is 9.59 Å². The number of fused-ring (bicyclic) bond motifs is 5. The van der Waals surface area contributed by atoms with Crippen molar-refractivity contribution in [2.75, 3.05) is 11.5 Å². The first-order chi connectivity index (χ1) is 12.6. The Labute approximate surface area is 185 Å². The molecule has 2 amide bonds. The van der Waals surface area contributed by atoms with E-state index < -0.39 is 37.7 Å². The Kier molecular flexibility index (Phi) is 4.48. The first-order valence-electron chi connectivity index (χ1n) is 7.98. The zero-order valence-electron chi connectivity index (χ0n) is 13.6. The number of halogens is 6. The van der Waals surface area contributed by atoms with Crippen LogP contribution in [0, 0.1) is 11.8 Å². The lowest BCUT2D eigenvalue weighted by Gasteiger charge is -2.34. The molecule has 1 heterocycles. The minimum atomic E-state index is -1.94. The molecule has 4 unspecified atom stereocenters. The Morgan fingerprint density at radius 2 is 1.44 bits per heavy atom. The van der Waals surface area contributed by atoms with Crippen molar-refractivity contribution in [2.45, 2.75) is 21.0 Å². The van der Waals surface area contributed by atoms with E-state index in [-0.39, 0.29) is 15.8 Å². The summed E-state index contributed by atoms with van der Waals surface area (Å²) in [5.74, 6) is -3.17. The fourth-order valence-electron chi connectivity index (χ4n) is 4.15. The van der Waals surface area contributed by atoms with Crippen LogP contribution in [0.5, 0.6) is 5.75 Å². The number of hydrogen-bond donors (Lipinski definition) is 0. The molecule has 1 saturated heterocycles. The minimum Gasteiger partial charge on any atom is -0.492 e. The number of anilines is 1. The van der Waals surface area contributed by atoms with Crippen LogP contribution in [0.4, 0.5) is 5.69 Å². The van der Waals surface area contributed by atoms with Crippen molar-refractivity contribution >= 4 is 87.1 Å². The Hall–Kier alpha value is -0.360. The monoisotopic (exact) mass is 487 g/mol. The van der Waals surface area contributed by atoms with E-state index in [4.69, 9.17) is 74.3 Å². The Morgan fingerprint density at radius 3 is 1.93 bits per heavy atom. The molecule has 0 spiro atoms. The van der Waals surface area contributed by atoms with Crippen LogP contribution >= 0.6 is 69.6 Å². The third-order valence-electron chi connectivity index (χ3n) is 5.31. The second-order valence-corrected chi connectivity index (χ2v) is 9.77. The SMILES string of the molecule is CCOc1ccccc1N1C(=O)C2C(C1=O)C1(Cl)C(Cl)=C(Cl)C2(Cl)C1(Cl)Cl. The average molecular weight is 490 g/mol. The van der Waals surface area contributed by atoms with Crippen molar-refractivity contribution in [3.63, 3.8) is 0 Å². The number of para-hydroxylation sites is 2. The number of allylic oxidation sites excluding steroid dienone is 2. The number of nitrogens with zero attached hydrogens (tertiary/aromatic N) is 1. The lowest BCUT2D eigenvalue weighted by Crippen LogP contribution is -2.50. The molecule has 10 heteroatoms. The van der Waals surface area contributed by atoms with E-state index >= 15 is 0 Å². The summed E-state index contributed by atoms with van der Waals surface area (Å²) >= 11 is 38.8. The Bertz CT molecular complexity index is 872. The normalized spacial score (nSPS) is 36.6. The Balaban J connectivity index is 1.89. The third kappa shape index (κ3) is 2.05. The van der Waals surface area contributed by atoms with Crippen LogP contribution in [0.3, 0.4) is 0 Å². The number of ether oxygens (including phenoxy) is 1. The van der Waals surface area contributed by atoms with Crippen molar-refractivity contribution in [3.05, 3.63) is 34.3 Å². The molecular formula is C17H11Cl6NO3. The highest BCUT2D eigenvalue weighted by Crippen LogP contribution is 2.77. The molecule has 144 valence electrons. The molecule has 2 bridgehead atoms. The van der Waals surface area contributed by atoms with Gasteiger partial charge in [0.25, 0.3) is 0 Å². The molecule has 4 nitrogen and oxygen atoms in total. The van der Waals surface area contributed by atoms with Gasteiger partial charge < -0.3 is 4.74 Å². The van der Waals surface area contributed by atoms with Gasteiger partial charge in [0, 0.05) is 0 Å². The molecule has 3 aliphatic rings. The number of rotatable bonds is 3. The standard InChI is InChI=1S/C17H11Cl6NO3/c1-2-27-8-6-4-3-5-7(8)24-13(25)9-10(14(24)26)16(21)12(19)11(18)15(9,20)17(16,22)23/h3-6,9-10H,2H2,1H3. The third-order valence-corrected chi connectivity index (χ3v) is 9.57. The molecular weight excluding hydrogens is 479 g/mol. The number of carbonyl (C=O) groups excluding carboxylic acids is 2. The number of imide groups is 1. The molecule has 27 heavy (non-hydrogen) atoms. The highest BCUT2D eigenvalue weighted by atomic mass is 35.5. The quantitative estimate of drug-likeness (QED) is 0.441. The maximum absolute atomic E-state index is 13.3. The summed E-state index contributed by atoms with van der Waals surface area (Å²) in [7, 11) is 0. The molecule has 1 aromatic rings. The van der Waals surface area contributed by atoms with E-state index in [0.717, 1.165) is 4.90 Å². The van der Waals surface area contributed by atoms with Gasteiger partial charge in [0.1, 0.15) is 15.5 Å². The van der Waals surface area contributed by atoms with Gasteiger partial charge in [-0.15, -0.1) is 23.2 Å². The maximum Gasteiger partial charge on any atom is 0.240 e. The van der Waals surface area contributed by atoms with E-state index in [1.165, 1.54) is 0 Å². The summed E-state index contributed by atoms with van der Waals surface area (Å²) in [6.45, 7) is 2.14. The summed E-state index contributed by atoms with van der Waals surface area (Å²) in [5.41, 5.74) is 0.283. The van der Waals surface area contributed by atoms with Gasteiger partial charge in [-0.25, -0.2) is 4.90 Å². The molecule has 2 aliphatic carbocycles. The predicted octanol–water partition coefficient (Wildman–Crippen LogP) is 5.04. The van der Waals surface area contributed by atoms with Gasteiger partial charge in [-0.05, 0) is 19.1 Å².